The number of urea groups is 1. The minimum Gasteiger partial charge on any atom is -0.333 e. The Bertz CT molecular complexity index is 460. The van der Waals surface area contributed by atoms with Gasteiger partial charge in [0.15, 0.2) is 0 Å². The van der Waals surface area contributed by atoms with Gasteiger partial charge in [-0.15, -0.1) is 0 Å². The monoisotopic (exact) mass is 246 g/mol. The van der Waals surface area contributed by atoms with Crippen LogP contribution < -0.4 is 10.2 Å². The third-order valence-electron chi connectivity index (χ3n) is 3.08. The van der Waals surface area contributed by atoms with E-state index in [1.165, 1.54) is 11.1 Å². The second-order valence-electron chi connectivity index (χ2n) is 6.07. The Labute approximate surface area is 109 Å². The first-order valence-corrected chi connectivity index (χ1v) is 6.56. The molecule has 1 heterocycles. The molecule has 1 N–H and O–H groups in total. The number of carbonyl (C=O) groups excluding carboxylic acids is 1. The molecule has 1 aliphatic heterocycles. The Kier molecular flexibility index (Phi) is 3.33. The summed E-state index contributed by atoms with van der Waals surface area (Å²) in [6, 6.07) is 6.33. The van der Waals surface area contributed by atoms with E-state index in [1.807, 2.05) is 25.7 Å². The fourth-order valence-corrected chi connectivity index (χ4v) is 2.33. The molecule has 0 saturated carbocycles. The molecule has 1 aromatic rings. The van der Waals surface area contributed by atoms with Gasteiger partial charge in [0, 0.05) is 17.8 Å². The normalized spacial score (nSPS) is 15.2. The lowest BCUT2D eigenvalue weighted by Gasteiger charge is -2.32. The van der Waals surface area contributed by atoms with Crippen LogP contribution in [0.5, 0.6) is 0 Å². The average molecular weight is 246 g/mol. The summed E-state index contributed by atoms with van der Waals surface area (Å²) in [4.78, 5) is 14.1. The number of nitrogens with zero attached hydrogens (tertiary/aromatic N) is 1. The van der Waals surface area contributed by atoms with Crippen molar-refractivity contribution in [3.05, 3.63) is 29.3 Å². The van der Waals surface area contributed by atoms with Crippen LogP contribution in [-0.4, -0.2) is 18.1 Å². The molecule has 98 valence electrons. The molecule has 0 bridgehead atoms. The number of aryl methyl sites for hydroxylation is 2. The molecule has 0 aromatic heterocycles. The van der Waals surface area contributed by atoms with Crippen molar-refractivity contribution in [1.29, 1.82) is 0 Å². The van der Waals surface area contributed by atoms with Gasteiger partial charge in [0.25, 0.3) is 0 Å². The number of hydrogen-bond donors (Lipinski definition) is 1. The van der Waals surface area contributed by atoms with Crippen molar-refractivity contribution >= 4 is 11.7 Å². The summed E-state index contributed by atoms with van der Waals surface area (Å²) in [6.45, 7) is 8.91. The first-order chi connectivity index (χ1) is 8.37. The lowest BCUT2D eigenvalue weighted by molar-refractivity contribution is 0.237. The second kappa shape index (κ2) is 4.63. The van der Waals surface area contributed by atoms with E-state index in [0.29, 0.717) is 0 Å². The third-order valence-corrected chi connectivity index (χ3v) is 3.08. The number of carbonyl (C=O) groups is 1. The number of hydrogen-bond acceptors (Lipinski definition) is 1. The number of benzene rings is 1. The van der Waals surface area contributed by atoms with Gasteiger partial charge in [-0.2, -0.15) is 0 Å². The van der Waals surface area contributed by atoms with E-state index in [1.54, 1.807) is 0 Å². The Morgan fingerprint density at radius 3 is 2.72 bits per heavy atom. The van der Waals surface area contributed by atoms with Crippen molar-refractivity contribution in [3.8, 4) is 0 Å². The maximum absolute atomic E-state index is 12.3. The van der Waals surface area contributed by atoms with Crippen LogP contribution in [0.3, 0.4) is 0 Å². The molecule has 2 rings (SSSR count). The molecule has 3 heteroatoms. The van der Waals surface area contributed by atoms with Crippen LogP contribution >= 0.6 is 0 Å². The standard InChI is InChI=1S/C15H22N2O/c1-11-7-8-13-12(10-11)6-5-9-17(13)14(18)16-15(2,3)4/h7-8,10H,5-6,9H2,1-4H3,(H,16,18). The summed E-state index contributed by atoms with van der Waals surface area (Å²) in [5.41, 5.74) is 3.41. The van der Waals surface area contributed by atoms with Crippen molar-refractivity contribution in [2.45, 2.75) is 46.1 Å². The molecule has 1 aromatic carbocycles. The molecule has 1 aliphatic rings. The van der Waals surface area contributed by atoms with Crippen molar-refractivity contribution in [3.63, 3.8) is 0 Å². The quantitative estimate of drug-likeness (QED) is 0.748. The van der Waals surface area contributed by atoms with E-state index in [-0.39, 0.29) is 11.6 Å². The zero-order chi connectivity index (χ0) is 13.3. The maximum atomic E-state index is 12.3. The molecule has 0 unspecified atom stereocenters. The van der Waals surface area contributed by atoms with E-state index < -0.39 is 0 Å². The minimum atomic E-state index is -0.195. The van der Waals surface area contributed by atoms with Crippen molar-refractivity contribution in [2.75, 3.05) is 11.4 Å². The number of nitrogens with one attached hydrogen (secondary N) is 1. The predicted octanol–water partition coefficient (Wildman–Crippen LogP) is 3.26. The fourth-order valence-electron chi connectivity index (χ4n) is 2.33. The first kappa shape index (κ1) is 12.9. The molecule has 0 radical (unpaired) electrons. The van der Waals surface area contributed by atoms with Crippen LogP contribution in [0.2, 0.25) is 0 Å². The topological polar surface area (TPSA) is 32.3 Å². The van der Waals surface area contributed by atoms with Crippen molar-refractivity contribution in [2.24, 2.45) is 0 Å². The summed E-state index contributed by atoms with van der Waals surface area (Å²) in [5.74, 6) is 0. The summed E-state index contributed by atoms with van der Waals surface area (Å²) >= 11 is 0. The van der Waals surface area contributed by atoms with Gasteiger partial charge in [0.2, 0.25) is 0 Å². The third kappa shape index (κ3) is 2.84. The van der Waals surface area contributed by atoms with Crippen LogP contribution in [0, 0.1) is 6.92 Å². The number of anilines is 1. The van der Waals surface area contributed by atoms with E-state index in [9.17, 15) is 4.79 Å². The lowest BCUT2D eigenvalue weighted by Crippen LogP contribution is -2.50. The zero-order valence-electron chi connectivity index (χ0n) is 11.7. The molecule has 0 aliphatic carbocycles. The van der Waals surface area contributed by atoms with Gasteiger partial charge in [-0.1, -0.05) is 17.7 Å². The summed E-state index contributed by atoms with van der Waals surface area (Å²) < 4.78 is 0. The van der Waals surface area contributed by atoms with Crippen LogP contribution in [-0.2, 0) is 6.42 Å². The molecule has 2 amide bonds. The first-order valence-electron chi connectivity index (χ1n) is 6.56. The average Bonchev–Trinajstić information content (AvgIpc) is 2.25. The summed E-state index contributed by atoms with van der Waals surface area (Å²) in [7, 11) is 0. The highest BCUT2D eigenvalue weighted by atomic mass is 16.2. The largest absolute Gasteiger partial charge is 0.333 e. The zero-order valence-corrected chi connectivity index (χ0v) is 11.7. The second-order valence-corrected chi connectivity index (χ2v) is 6.07. The summed E-state index contributed by atoms with van der Waals surface area (Å²) in [5, 5.41) is 3.03. The van der Waals surface area contributed by atoms with Crippen LogP contribution in [0.25, 0.3) is 0 Å². The van der Waals surface area contributed by atoms with E-state index in [2.05, 4.69) is 30.4 Å². The van der Waals surface area contributed by atoms with E-state index >= 15 is 0 Å². The van der Waals surface area contributed by atoms with E-state index in [4.69, 9.17) is 0 Å². The van der Waals surface area contributed by atoms with Gasteiger partial charge in [-0.05, 0) is 52.2 Å². The minimum absolute atomic E-state index is 0.00676. The van der Waals surface area contributed by atoms with Gasteiger partial charge in [0.05, 0.1) is 0 Å². The molecule has 0 spiro atoms. The SMILES string of the molecule is Cc1ccc2c(c1)CCCN2C(=O)NC(C)(C)C. The van der Waals surface area contributed by atoms with Crippen molar-refractivity contribution in [1.82, 2.24) is 5.32 Å². The van der Waals surface area contributed by atoms with Gasteiger partial charge in [-0.25, -0.2) is 4.79 Å². The smallest absolute Gasteiger partial charge is 0.322 e. The Morgan fingerprint density at radius 2 is 2.06 bits per heavy atom. The van der Waals surface area contributed by atoms with Crippen LogP contribution in [0.15, 0.2) is 18.2 Å². The maximum Gasteiger partial charge on any atom is 0.322 e. The number of fused-ring (bicyclic) bond motifs is 1. The highest BCUT2D eigenvalue weighted by molar-refractivity contribution is 5.93. The van der Waals surface area contributed by atoms with Gasteiger partial charge >= 0.3 is 6.03 Å². The summed E-state index contributed by atoms with van der Waals surface area (Å²) in [6.07, 6.45) is 2.10. The fraction of sp³-hybridized carbons (Fsp3) is 0.533. The number of amides is 2. The Balaban J connectivity index is 2.25. The molecule has 0 fully saturated rings. The lowest BCUT2D eigenvalue weighted by atomic mass is 10.00. The molecular formula is C15H22N2O. The predicted molar refractivity (Wildman–Crippen MR) is 75.1 cm³/mol. The molecule has 0 saturated heterocycles. The Hall–Kier alpha value is -1.51. The van der Waals surface area contributed by atoms with Crippen LogP contribution in [0.4, 0.5) is 10.5 Å². The van der Waals surface area contributed by atoms with Gasteiger partial charge < -0.3 is 5.32 Å². The molecular weight excluding hydrogens is 224 g/mol. The molecule has 0 atom stereocenters. The number of rotatable bonds is 0. The molecule has 3 nitrogen and oxygen atoms in total. The van der Waals surface area contributed by atoms with E-state index in [0.717, 1.165) is 25.1 Å². The van der Waals surface area contributed by atoms with Crippen LogP contribution in [0.1, 0.15) is 38.3 Å². The highest BCUT2D eigenvalue weighted by Crippen LogP contribution is 2.28. The highest BCUT2D eigenvalue weighted by Gasteiger charge is 2.25. The van der Waals surface area contributed by atoms with Gasteiger partial charge in [0.1, 0.15) is 0 Å². The molecule has 18 heavy (non-hydrogen) atoms. The van der Waals surface area contributed by atoms with Crippen molar-refractivity contribution < 1.29 is 4.79 Å². The van der Waals surface area contributed by atoms with Gasteiger partial charge in [-0.3, -0.25) is 4.90 Å². The Morgan fingerprint density at radius 1 is 1.33 bits per heavy atom.